The molecule has 2 aromatic heterocycles. The SMILES string of the molecule is COc1ccc(Br)cc1-c1nc(CSc2nncn2C2CC2)cs1. The van der Waals surface area contributed by atoms with E-state index in [1.807, 2.05) is 24.5 Å². The van der Waals surface area contributed by atoms with Gasteiger partial charge in [0.05, 0.1) is 18.4 Å². The van der Waals surface area contributed by atoms with E-state index < -0.39 is 0 Å². The van der Waals surface area contributed by atoms with Gasteiger partial charge in [0.2, 0.25) is 0 Å². The highest BCUT2D eigenvalue weighted by Crippen LogP contribution is 2.38. The summed E-state index contributed by atoms with van der Waals surface area (Å²) in [7, 11) is 1.68. The molecule has 5 nitrogen and oxygen atoms in total. The number of thiazole rings is 1. The fourth-order valence-electron chi connectivity index (χ4n) is 2.42. The zero-order valence-electron chi connectivity index (χ0n) is 13.0. The van der Waals surface area contributed by atoms with E-state index in [2.05, 4.69) is 36.1 Å². The van der Waals surface area contributed by atoms with Gasteiger partial charge in [-0.05, 0) is 31.0 Å². The summed E-state index contributed by atoms with van der Waals surface area (Å²) in [4.78, 5) is 4.76. The van der Waals surface area contributed by atoms with Crippen molar-refractivity contribution in [1.29, 1.82) is 0 Å². The number of benzene rings is 1. The molecule has 0 spiro atoms. The fourth-order valence-corrected chi connectivity index (χ4v) is 4.60. The van der Waals surface area contributed by atoms with E-state index >= 15 is 0 Å². The molecule has 1 aliphatic carbocycles. The maximum Gasteiger partial charge on any atom is 0.191 e. The molecule has 24 heavy (non-hydrogen) atoms. The van der Waals surface area contributed by atoms with Crippen LogP contribution in [0.5, 0.6) is 5.75 Å². The van der Waals surface area contributed by atoms with Gasteiger partial charge >= 0.3 is 0 Å². The summed E-state index contributed by atoms with van der Waals surface area (Å²) in [5, 5.41) is 12.3. The van der Waals surface area contributed by atoms with Crippen molar-refractivity contribution in [3.05, 3.63) is 40.1 Å². The van der Waals surface area contributed by atoms with Crippen molar-refractivity contribution in [3.8, 4) is 16.3 Å². The number of hydrogen-bond donors (Lipinski definition) is 0. The number of halogens is 1. The Kier molecular flexibility index (Phi) is 4.60. The van der Waals surface area contributed by atoms with E-state index in [1.165, 1.54) is 12.8 Å². The van der Waals surface area contributed by atoms with Crippen molar-refractivity contribution in [2.24, 2.45) is 0 Å². The molecule has 0 N–H and O–H groups in total. The average Bonchev–Trinajstić information content (AvgIpc) is 3.14. The van der Waals surface area contributed by atoms with Crippen LogP contribution in [0.15, 0.2) is 39.5 Å². The van der Waals surface area contributed by atoms with Crippen LogP contribution in [0.4, 0.5) is 0 Å². The summed E-state index contributed by atoms with van der Waals surface area (Å²) in [6.45, 7) is 0. The first-order valence-corrected chi connectivity index (χ1v) is 10.2. The Morgan fingerprint density at radius 3 is 3.08 bits per heavy atom. The monoisotopic (exact) mass is 422 g/mol. The predicted molar refractivity (Wildman–Crippen MR) is 99.7 cm³/mol. The molecular weight excluding hydrogens is 408 g/mol. The smallest absolute Gasteiger partial charge is 0.191 e. The standard InChI is InChI=1S/C16H15BrN4OS2/c1-22-14-5-2-10(17)6-13(14)15-19-11(7-23-15)8-24-16-20-18-9-21(16)12-3-4-12/h2,5-7,9,12H,3-4,8H2,1H3. The first kappa shape index (κ1) is 16.1. The van der Waals surface area contributed by atoms with Gasteiger partial charge in [-0.25, -0.2) is 4.98 Å². The minimum atomic E-state index is 0.597. The molecule has 0 saturated heterocycles. The van der Waals surface area contributed by atoms with Gasteiger partial charge in [0.15, 0.2) is 5.16 Å². The van der Waals surface area contributed by atoms with Crippen LogP contribution in [0, 0.1) is 0 Å². The maximum absolute atomic E-state index is 5.45. The van der Waals surface area contributed by atoms with Crippen molar-refractivity contribution in [3.63, 3.8) is 0 Å². The Bertz CT molecular complexity index is 859. The first-order chi connectivity index (χ1) is 11.7. The fraction of sp³-hybridized carbons (Fsp3) is 0.312. The molecule has 1 aromatic carbocycles. The van der Waals surface area contributed by atoms with E-state index in [9.17, 15) is 0 Å². The molecule has 0 atom stereocenters. The van der Waals surface area contributed by atoms with Gasteiger partial charge in [-0.3, -0.25) is 0 Å². The summed E-state index contributed by atoms with van der Waals surface area (Å²) in [5.41, 5.74) is 2.06. The first-order valence-electron chi connectivity index (χ1n) is 7.55. The molecule has 1 fully saturated rings. The average molecular weight is 423 g/mol. The van der Waals surface area contributed by atoms with Crippen LogP contribution in [0.25, 0.3) is 10.6 Å². The molecule has 1 aliphatic rings. The molecule has 0 aliphatic heterocycles. The van der Waals surface area contributed by atoms with Crippen LogP contribution in [0.2, 0.25) is 0 Å². The Hall–Kier alpha value is -1.38. The van der Waals surface area contributed by atoms with Gasteiger partial charge in [0.1, 0.15) is 17.1 Å². The van der Waals surface area contributed by atoms with Crippen LogP contribution in [0.1, 0.15) is 24.6 Å². The third kappa shape index (κ3) is 3.36. The molecule has 1 saturated carbocycles. The number of nitrogens with zero attached hydrogens (tertiary/aromatic N) is 4. The van der Waals surface area contributed by atoms with Crippen molar-refractivity contribution < 1.29 is 4.74 Å². The Labute approximate surface area is 156 Å². The van der Waals surface area contributed by atoms with Crippen molar-refractivity contribution >= 4 is 39.0 Å². The predicted octanol–water partition coefficient (Wildman–Crippen LogP) is 4.80. The lowest BCUT2D eigenvalue weighted by Crippen LogP contribution is -1.95. The zero-order valence-corrected chi connectivity index (χ0v) is 16.2. The lowest BCUT2D eigenvalue weighted by Gasteiger charge is -2.06. The van der Waals surface area contributed by atoms with E-state index in [0.29, 0.717) is 6.04 Å². The Morgan fingerprint density at radius 1 is 1.42 bits per heavy atom. The van der Waals surface area contributed by atoms with Gasteiger partial charge in [-0.15, -0.1) is 21.5 Å². The third-order valence-electron chi connectivity index (χ3n) is 3.77. The van der Waals surface area contributed by atoms with E-state index in [-0.39, 0.29) is 0 Å². The third-order valence-corrected chi connectivity index (χ3v) is 6.18. The second kappa shape index (κ2) is 6.85. The van der Waals surface area contributed by atoms with Crippen LogP contribution >= 0.6 is 39.0 Å². The maximum atomic E-state index is 5.45. The molecule has 3 aromatic rings. The number of rotatable bonds is 6. The zero-order chi connectivity index (χ0) is 16.5. The van der Waals surface area contributed by atoms with Crippen LogP contribution in [0.3, 0.4) is 0 Å². The van der Waals surface area contributed by atoms with Gasteiger partial charge < -0.3 is 9.30 Å². The molecule has 124 valence electrons. The highest BCUT2D eigenvalue weighted by molar-refractivity contribution is 9.10. The van der Waals surface area contributed by atoms with Crippen molar-refractivity contribution in [2.75, 3.05) is 7.11 Å². The van der Waals surface area contributed by atoms with E-state index in [1.54, 1.807) is 30.2 Å². The highest BCUT2D eigenvalue weighted by atomic mass is 79.9. The van der Waals surface area contributed by atoms with Crippen LogP contribution in [-0.2, 0) is 5.75 Å². The summed E-state index contributed by atoms with van der Waals surface area (Å²) in [5.74, 6) is 1.62. The minimum absolute atomic E-state index is 0.597. The summed E-state index contributed by atoms with van der Waals surface area (Å²) in [6, 6.07) is 6.56. The number of ether oxygens (including phenoxy) is 1. The minimum Gasteiger partial charge on any atom is -0.496 e. The molecule has 0 radical (unpaired) electrons. The van der Waals surface area contributed by atoms with Gasteiger partial charge in [0.25, 0.3) is 0 Å². The molecule has 0 bridgehead atoms. The summed E-state index contributed by atoms with van der Waals surface area (Å²) < 4.78 is 8.64. The normalized spacial score (nSPS) is 14.1. The highest BCUT2D eigenvalue weighted by Gasteiger charge is 2.26. The molecular formula is C16H15BrN4OS2. The van der Waals surface area contributed by atoms with Gasteiger partial charge in [0, 0.05) is 21.6 Å². The Morgan fingerprint density at radius 2 is 2.29 bits per heavy atom. The number of methoxy groups -OCH3 is 1. The van der Waals surface area contributed by atoms with E-state index in [0.717, 1.165) is 37.4 Å². The number of aromatic nitrogens is 4. The van der Waals surface area contributed by atoms with Gasteiger partial charge in [-0.1, -0.05) is 27.7 Å². The van der Waals surface area contributed by atoms with Crippen molar-refractivity contribution in [2.45, 2.75) is 29.8 Å². The number of hydrogen-bond acceptors (Lipinski definition) is 6. The second-order valence-electron chi connectivity index (χ2n) is 5.53. The quantitative estimate of drug-likeness (QED) is 0.533. The lowest BCUT2D eigenvalue weighted by atomic mass is 10.2. The van der Waals surface area contributed by atoms with E-state index in [4.69, 9.17) is 9.72 Å². The molecule has 0 amide bonds. The van der Waals surface area contributed by atoms with Crippen LogP contribution < -0.4 is 4.74 Å². The lowest BCUT2D eigenvalue weighted by molar-refractivity contribution is 0.416. The molecule has 4 rings (SSSR count). The summed E-state index contributed by atoms with van der Waals surface area (Å²) in [6.07, 6.45) is 4.29. The largest absolute Gasteiger partial charge is 0.496 e. The molecule has 8 heteroatoms. The summed E-state index contributed by atoms with van der Waals surface area (Å²) >= 11 is 6.84. The van der Waals surface area contributed by atoms with Crippen molar-refractivity contribution in [1.82, 2.24) is 19.7 Å². The second-order valence-corrected chi connectivity index (χ2v) is 8.25. The van der Waals surface area contributed by atoms with Gasteiger partial charge in [-0.2, -0.15) is 0 Å². The van der Waals surface area contributed by atoms with Crippen LogP contribution in [-0.4, -0.2) is 26.9 Å². The number of thioether (sulfide) groups is 1. The molecule has 2 heterocycles. The topological polar surface area (TPSA) is 52.8 Å². The molecule has 0 unspecified atom stereocenters. The Balaban J connectivity index is 1.51.